The van der Waals surface area contributed by atoms with Crippen LogP contribution in [0.15, 0.2) is 18.3 Å². The van der Waals surface area contributed by atoms with E-state index < -0.39 is 5.97 Å². The van der Waals surface area contributed by atoms with Gasteiger partial charge in [-0.2, -0.15) is 5.10 Å². The molecule has 82 valence electrons. The van der Waals surface area contributed by atoms with Crippen molar-refractivity contribution in [1.82, 2.24) is 14.6 Å². The predicted molar refractivity (Wildman–Crippen MR) is 56.3 cm³/mol. The lowest BCUT2D eigenvalue weighted by molar-refractivity contribution is -0.136. The van der Waals surface area contributed by atoms with Gasteiger partial charge in [-0.3, -0.25) is 4.79 Å². The van der Waals surface area contributed by atoms with E-state index in [1.54, 1.807) is 22.8 Å². The van der Waals surface area contributed by atoms with Gasteiger partial charge in [-0.15, -0.1) is 0 Å². The van der Waals surface area contributed by atoms with E-state index in [4.69, 9.17) is 5.11 Å². The number of fused-ring (bicyclic) bond motifs is 1. The van der Waals surface area contributed by atoms with Crippen LogP contribution in [0.5, 0.6) is 0 Å². The highest BCUT2D eigenvalue weighted by molar-refractivity contribution is 5.70. The third-order valence-electron chi connectivity index (χ3n) is 2.72. The zero-order valence-electron chi connectivity index (χ0n) is 8.63. The van der Waals surface area contributed by atoms with E-state index >= 15 is 0 Å². The predicted octanol–water partition coefficient (Wildman–Crippen LogP) is 1.23. The van der Waals surface area contributed by atoms with Gasteiger partial charge >= 0.3 is 5.97 Å². The molecule has 2 heterocycles. The molecule has 2 aromatic rings. The second kappa shape index (κ2) is 3.30. The van der Waals surface area contributed by atoms with Gasteiger partial charge in [-0.25, -0.2) is 9.50 Å². The molecule has 0 unspecified atom stereocenters. The summed E-state index contributed by atoms with van der Waals surface area (Å²) in [5.74, 6) is 0.571. The molecule has 3 rings (SSSR count). The second-order valence-corrected chi connectivity index (χ2v) is 4.15. The maximum absolute atomic E-state index is 10.6. The number of hydrogen-bond donors (Lipinski definition) is 1. The molecule has 1 aliphatic rings. The fourth-order valence-corrected chi connectivity index (χ4v) is 1.74. The van der Waals surface area contributed by atoms with E-state index in [1.807, 2.05) is 0 Å². The lowest BCUT2D eigenvalue weighted by Gasteiger charge is -1.96. The largest absolute Gasteiger partial charge is 0.481 e. The van der Waals surface area contributed by atoms with Gasteiger partial charge in [0.1, 0.15) is 0 Å². The molecular weight excluding hydrogens is 206 g/mol. The van der Waals surface area contributed by atoms with Gasteiger partial charge in [0.2, 0.25) is 0 Å². The summed E-state index contributed by atoms with van der Waals surface area (Å²) in [4.78, 5) is 15.0. The highest BCUT2D eigenvalue weighted by atomic mass is 16.4. The molecule has 5 nitrogen and oxygen atoms in total. The lowest BCUT2D eigenvalue weighted by Crippen LogP contribution is -2.00. The number of rotatable bonds is 3. The minimum Gasteiger partial charge on any atom is -0.481 e. The van der Waals surface area contributed by atoms with Crippen LogP contribution in [-0.2, 0) is 11.2 Å². The number of pyridine rings is 1. The van der Waals surface area contributed by atoms with Crippen molar-refractivity contribution in [3.63, 3.8) is 0 Å². The number of hydrogen-bond acceptors (Lipinski definition) is 3. The number of carboxylic acid groups (broad SMARTS) is 1. The maximum Gasteiger partial charge on any atom is 0.307 e. The Kier molecular flexibility index (Phi) is 1.92. The molecule has 1 saturated carbocycles. The first-order valence-electron chi connectivity index (χ1n) is 5.29. The Labute approximate surface area is 91.7 Å². The average Bonchev–Trinajstić information content (AvgIpc) is 2.98. The number of nitrogens with zero attached hydrogens (tertiary/aromatic N) is 3. The zero-order chi connectivity index (χ0) is 11.1. The van der Waals surface area contributed by atoms with Gasteiger partial charge < -0.3 is 5.11 Å². The Morgan fingerprint density at radius 2 is 2.38 bits per heavy atom. The van der Waals surface area contributed by atoms with Crippen LogP contribution in [0.3, 0.4) is 0 Å². The van der Waals surface area contributed by atoms with Crippen LogP contribution in [0.25, 0.3) is 5.65 Å². The van der Waals surface area contributed by atoms with Crippen LogP contribution in [0.2, 0.25) is 0 Å². The molecule has 0 saturated heterocycles. The highest BCUT2D eigenvalue weighted by Crippen LogP contribution is 2.38. The molecule has 1 N–H and O–H groups in total. The molecule has 0 radical (unpaired) electrons. The summed E-state index contributed by atoms with van der Waals surface area (Å²) >= 11 is 0. The molecule has 0 aromatic carbocycles. The third kappa shape index (κ3) is 1.64. The van der Waals surface area contributed by atoms with Crippen LogP contribution in [0.1, 0.15) is 30.1 Å². The minimum absolute atomic E-state index is 0.0299. The van der Waals surface area contributed by atoms with Crippen molar-refractivity contribution in [2.75, 3.05) is 0 Å². The first kappa shape index (κ1) is 9.33. The summed E-state index contributed by atoms with van der Waals surface area (Å²) in [6, 6.07) is 3.56. The van der Waals surface area contributed by atoms with E-state index in [2.05, 4.69) is 10.1 Å². The van der Waals surface area contributed by atoms with Crippen molar-refractivity contribution in [2.45, 2.75) is 25.2 Å². The molecule has 0 spiro atoms. The number of carboxylic acids is 1. The van der Waals surface area contributed by atoms with E-state index in [9.17, 15) is 4.79 Å². The monoisotopic (exact) mass is 217 g/mol. The van der Waals surface area contributed by atoms with E-state index in [1.165, 1.54) is 12.8 Å². The van der Waals surface area contributed by atoms with Crippen molar-refractivity contribution in [2.24, 2.45) is 0 Å². The van der Waals surface area contributed by atoms with Gasteiger partial charge in [0.05, 0.1) is 6.42 Å². The first-order chi connectivity index (χ1) is 7.72. The fraction of sp³-hybridized carbons (Fsp3) is 0.364. The van der Waals surface area contributed by atoms with Crippen LogP contribution >= 0.6 is 0 Å². The van der Waals surface area contributed by atoms with Gasteiger partial charge in [0.25, 0.3) is 0 Å². The topological polar surface area (TPSA) is 67.5 Å². The number of aromatic nitrogens is 3. The van der Waals surface area contributed by atoms with Gasteiger partial charge in [0, 0.05) is 12.1 Å². The summed E-state index contributed by atoms with van der Waals surface area (Å²) in [6.07, 6.45) is 4.13. The van der Waals surface area contributed by atoms with Crippen molar-refractivity contribution < 1.29 is 9.90 Å². The van der Waals surface area contributed by atoms with Gasteiger partial charge in [-0.05, 0) is 30.5 Å². The van der Waals surface area contributed by atoms with Crippen molar-refractivity contribution in [3.05, 3.63) is 29.7 Å². The minimum atomic E-state index is -0.828. The summed E-state index contributed by atoms with van der Waals surface area (Å²) in [6.45, 7) is 0. The lowest BCUT2D eigenvalue weighted by atomic mass is 10.2. The Morgan fingerprint density at radius 3 is 3.06 bits per heavy atom. The summed E-state index contributed by atoms with van der Waals surface area (Å²) in [5, 5.41) is 13.1. The highest BCUT2D eigenvalue weighted by Gasteiger charge is 2.27. The third-order valence-corrected chi connectivity index (χ3v) is 2.72. The van der Waals surface area contributed by atoms with Crippen LogP contribution < -0.4 is 0 Å². The van der Waals surface area contributed by atoms with Crippen LogP contribution in [0, 0.1) is 0 Å². The van der Waals surface area contributed by atoms with Crippen molar-refractivity contribution >= 4 is 11.6 Å². The SMILES string of the molecule is O=C(O)Cc1ccn2nc(C3CC3)nc2c1. The molecular formula is C11H11N3O2. The number of aliphatic carboxylic acids is 1. The van der Waals surface area contributed by atoms with E-state index in [-0.39, 0.29) is 6.42 Å². The zero-order valence-corrected chi connectivity index (χ0v) is 8.63. The molecule has 1 fully saturated rings. The average molecular weight is 217 g/mol. The van der Waals surface area contributed by atoms with E-state index in [0.717, 1.165) is 17.0 Å². The Hall–Kier alpha value is -1.91. The van der Waals surface area contributed by atoms with Crippen molar-refractivity contribution in [1.29, 1.82) is 0 Å². The Balaban J connectivity index is 1.99. The maximum atomic E-state index is 10.6. The summed E-state index contributed by atoms with van der Waals surface area (Å²) in [5.41, 5.74) is 1.50. The molecule has 0 aliphatic heterocycles. The molecule has 0 bridgehead atoms. The number of carbonyl (C=O) groups is 1. The quantitative estimate of drug-likeness (QED) is 0.839. The first-order valence-corrected chi connectivity index (χ1v) is 5.29. The molecule has 0 amide bonds. The van der Waals surface area contributed by atoms with Crippen molar-refractivity contribution in [3.8, 4) is 0 Å². The molecule has 2 aromatic heterocycles. The Bertz CT molecular complexity index is 557. The van der Waals surface area contributed by atoms with Crippen LogP contribution in [-0.4, -0.2) is 25.7 Å². The standard InChI is InChI=1S/C11H11N3O2/c15-10(16)6-7-3-4-14-9(5-7)12-11(13-14)8-1-2-8/h3-5,8H,1-2,6H2,(H,15,16). The van der Waals surface area contributed by atoms with Gasteiger partial charge in [0.15, 0.2) is 11.5 Å². The summed E-state index contributed by atoms with van der Waals surface area (Å²) in [7, 11) is 0. The molecule has 0 atom stereocenters. The molecule has 16 heavy (non-hydrogen) atoms. The molecule has 5 heteroatoms. The normalized spacial score (nSPS) is 15.5. The Morgan fingerprint density at radius 1 is 1.56 bits per heavy atom. The smallest absolute Gasteiger partial charge is 0.307 e. The van der Waals surface area contributed by atoms with Gasteiger partial charge in [-0.1, -0.05) is 0 Å². The van der Waals surface area contributed by atoms with Crippen LogP contribution in [0.4, 0.5) is 0 Å². The second-order valence-electron chi connectivity index (χ2n) is 4.15. The van der Waals surface area contributed by atoms with E-state index in [0.29, 0.717) is 5.92 Å². The fourth-order valence-electron chi connectivity index (χ4n) is 1.74. The summed E-state index contributed by atoms with van der Waals surface area (Å²) < 4.78 is 1.71. The molecule has 1 aliphatic carbocycles.